The number of fused-ring (bicyclic) bond motifs is 1. The molecule has 0 bridgehead atoms. The molecule has 0 unspecified atom stereocenters. The highest BCUT2D eigenvalue weighted by Crippen LogP contribution is 2.20. The minimum atomic E-state index is -0.690. The molecule has 0 saturated heterocycles. The summed E-state index contributed by atoms with van der Waals surface area (Å²) in [6, 6.07) is 15.2. The molecule has 4 aromatic rings. The summed E-state index contributed by atoms with van der Waals surface area (Å²) in [4.78, 5) is 35.1. The predicted octanol–water partition coefficient (Wildman–Crippen LogP) is 3.46. The van der Waals surface area contributed by atoms with E-state index in [-0.39, 0.29) is 5.56 Å². The number of nitrogens with one attached hydrogen (secondary N) is 2. The number of para-hydroxylation sites is 1. The first-order chi connectivity index (χ1) is 15.0. The van der Waals surface area contributed by atoms with E-state index in [2.05, 4.69) is 21.0 Å². The number of aromatic nitrogens is 3. The van der Waals surface area contributed by atoms with Crippen molar-refractivity contribution in [3.05, 3.63) is 92.3 Å². The van der Waals surface area contributed by atoms with Gasteiger partial charge in [0, 0.05) is 23.6 Å². The van der Waals surface area contributed by atoms with E-state index in [4.69, 9.17) is 0 Å². The first-order valence-electron chi connectivity index (χ1n) is 10.2. The van der Waals surface area contributed by atoms with Crippen LogP contribution in [0.25, 0.3) is 16.6 Å². The van der Waals surface area contributed by atoms with Gasteiger partial charge in [-0.25, -0.2) is 9.36 Å². The number of aryl methyl sites for hydroxylation is 1. The van der Waals surface area contributed by atoms with Crippen molar-refractivity contribution in [2.75, 3.05) is 6.54 Å². The van der Waals surface area contributed by atoms with Crippen molar-refractivity contribution in [1.82, 2.24) is 14.5 Å². The van der Waals surface area contributed by atoms with E-state index in [1.165, 1.54) is 0 Å². The largest absolute Gasteiger partial charge is 0.493 e. The average Bonchev–Trinajstić information content (AvgIpc) is 3.17. The van der Waals surface area contributed by atoms with E-state index in [1.807, 2.05) is 50.4 Å². The number of rotatable bonds is 6. The van der Waals surface area contributed by atoms with Crippen LogP contribution in [0.1, 0.15) is 30.0 Å². The molecular weight excluding hydrogens is 392 g/mol. The number of benzene rings is 2. The summed E-state index contributed by atoms with van der Waals surface area (Å²) in [7, 11) is 0. The molecule has 0 fully saturated rings. The highest BCUT2D eigenvalue weighted by Gasteiger charge is 2.19. The normalized spacial score (nSPS) is 11.9. The molecule has 0 spiro atoms. The van der Waals surface area contributed by atoms with Crippen molar-refractivity contribution >= 4 is 16.6 Å². The van der Waals surface area contributed by atoms with Crippen LogP contribution >= 0.6 is 0 Å². The molecule has 2 aromatic heterocycles. The highest BCUT2D eigenvalue weighted by molar-refractivity contribution is 6.02. The fraction of sp³-hybridized carbons (Fsp3) is 0.208. The molecule has 0 aliphatic rings. The van der Waals surface area contributed by atoms with Crippen LogP contribution in [0.15, 0.2) is 69.3 Å². The molecule has 31 heavy (non-hydrogen) atoms. The number of hydrogen-bond acceptors (Lipinski definition) is 4. The Morgan fingerprint density at radius 3 is 2.58 bits per heavy atom. The van der Waals surface area contributed by atoms with Gasteiger partial charge in [-0.3, -0.25) is 14.8 Å². The molecule has 0 aliphatic heterocycles. The Labute approximate surface area is 178 Å². The fourth-order valence-electron chi connectivity index (χ4n) is 3.74. The number of nitrogens with zero attached hydrogens (tertiary/aromatic N) is 2. The van der Waals surface area contributed by atoms with Crippen LogP contribution in [-0.4, -0.2) is 31.9 Å². The van der Waals surface area contributed by atoms with Crippen LogP contribution < -0.4 is 11.2 Å². The van der Waals surface area contributed by atoms with E-state index in [9.17, 15) is 14.7 Å². The number of hydrogen-bond donors (Lipinski definition) is 3. The van der Waals surface area contributed by atoms with Crippen molar-refractivity contribution in [2.24, 2.45) is 4.99 Å². The molecule has 7 nitrogen and oxygen atoms in total. The van der Waals surface area contributed by atoms with Crippen LogP contribution in [0, 0.1) is 6.92 Å². The quantitative estimate of drug-likeness (QED) is 0.419. The lowest BCUT2D eigenvalue weighted by Crippen LogP contribution is -2.33. The number of aliphatic imine (C=N–C) groups is 1. The van der Waals surface area contributed by atoms with E-state index >= 15 is 0 Å². The highest BCUT2D eigenvalue weighted by atomic mass is 16.3. The van der Waals surface area contributed by atoms with Gasteiger partial charge < -0.3 is 10.1 Å². The Balaban J connectivity index is 1.69. The third-order valence-corrected chi connectivity index (χ3v) is 5.36. The summed E-state index contributed by atoms with van der Waals surface area (Å²) in [5, 5.41) is 12.0. The summed E-state index contributed by atoms with van der Waals surface area (Å²) in [5.74, 6) is -0.398. The molecule has 0 atom stereocenters. The Hall–Kier alpha value is -3.87. The van der Waals surface area contributed by atoms with Crippen LogP contribution in [0.4, 0.5) is 0 Å². The molecule has 0 amide bonds. The van der Waals surface area contributed by atoms with Gasteiger partial charge >= 0.3 is 5.69 Å². The van der Waals surface area contributed by atoms with Crippen molar-refractivity contribution in [1.29, 1.82) is 0 Å². The second-order valence-corrected chi connectivity index (χ2v) is 7.42. The van der Waals surface area contributed by atoms with Crippen LogP contribution in [0.5, 0.6) is 5.88 Å². The van der Waals surface area contributed by atoms with Gasteiger partial charge in [0.15, 0.2) is 0 Å². The third-order valence-electron chi connectivity index (χ3n) is 5.36. The van der Waals surface area contributed by atoms with Gasteiger partial charge in [0.2, 0.25) is 5.88 Å². The average molecular weight is 416 g/mol. The lowest BCUT2D eigenvalue weighted by molar-refractivity contribution is 0.429. The zero-order valence-electron chi connectivity index (χ0n) is 17.5. The second-order valence-electron chi connectivity index (χ2n) is 7.42. The van der Waals surface area contributed by atoms with Crippen molar-refractivity contribution in [3.63, 3.8) is 0 Å². The topological polar surface area (TPSA) is 103 Å². The molecule has 4 rings (SSSR count). The maximum absolute atomic E-state index is 12.6. The summed E-state index contributed by atoms with van der Waals surface area (Å²) < 4.78 is 1.10. The van der Waals surface area contributed by atoms with Gasteiger partial charge in [-0.1, -0.05) is 42.8 Å². The molecule has 2 heterocycles. The predicted molar refractivity (Wildman–Crippen MR) is 123 cm³/mol. The summed E-state index contributed by atoms with van der Waals surface area (Å²) >= 11 is 0. The second kappa shape index (κ2) is 8.47. The molecule has 0 aliphatic carbocycles. The van der Waals surface area contributed by atoms with Crippen molar-refractivity contribution < 1.29 is 5.11 Å². The molecule has 158 valence electrons. The third kappa shape index (κ3) is 3.94. The molecule has 0 radical (unpaired) electrons. The first kappa shape index (κ1) is 20.4. The van der Waals surface area contributed by atoms with Gasteiger partial charge in [0.1, 0.15) is 5.56 Å². The van der Waals surface area contributed by atoms with Crippen LogP contribution in [-0.2, 0) is 6.42 Å². The zero-order valence-corrected chi connectivity index (χ0v) is 17.5. The van der Waals surface area contributed by atoms with E-state index in [0.717, 1.165) is 26.6 Å². The lowest BCUT2D eigenvalue weighted by atomic mass is 10.1. The molecule has 0 saturated carbocycles. The Kier molecular flexibility index (Phi) is 5.58. The van der Waals surface area contributed by atoms with E-state index in [1.54, 1.807) is 12.1 Å². The standard InChI is InChI=1S/C24H24N4O3/c1-3-19(25-13-12-16-14-26-20-7-5-4-6-18(16)20)21-22(29)27-24(31)28(23(21)30)17-10-8-15(2)9-11-17/h4-11,14,26,30H,3,12-13H2,1-2H3,(H,27,29,31). The first-order valence-corrected chi connectivity index (χ1v) is 10.2. The van der Waals surface area contributed by atoms with E-state index in [0.29, 0.717) is 30.8 Å². The van der Waals surface area contributed by atoms with Gasteiger partial charge in [0.05, 0.1) is 11.4 Å². The number of H-pyrrole nitrogens is 2. The zero-order chi connectivity index (χ0) is 22.0. The Bertz CT molecular complexity index is 1370. The maximum Gasteiger partial charge on any atom is 0.335 e. The summed E-state index contributed by atoms with van der Waals surface area (Å²) in [6.07, 6.45) is 3.09. The SMILES string of the molecule is CCC(=NCCc1c[nH]c2ccccc12)c1c(O)n(-c2ccc(C)cc2)c(=O)[nH]c1=O. The Morgan fingerprint density at radius 1 is 1.10 bits per heavy atom. The fourth-order valence-corrected chi connectivity index (χ4v) is 3.74. The molecule has 2 aromatic carbocycles. The monoisotopic (exact) mass is 416 g/mol. The lowest BCUT2D eigenvalue weighted by Gasteiger charge is -2.12. The maximum atomic E-state index is 12.6. The minimum absolute atomic E-state index is 0.0293. The van der Waals surface area contributed by atoms with Gasteiger partial charge in [-0.05, 0) is 43.5 Å². The minimum Gasteiger partial charge on any atom is -0.493 e. The van der Waals surface area contributed by atoms with Gasteiger partial charge in [-0.15, -0.1) is 0 Å². The summed E-state index contributed by atoms with van der Waals surface area (Å²) in [6.45, 7) is 4.25. The van der Waals surface area contributed by atoms with E-state index < -0.39 is 17.1 Å². The van der Waals surface area contributed by atoms with Gasteiger partial charge in [-0.2, -0.15) is 0 Å². The molecule has 7 heteroatoms. The molecular formula is C24H24N4O3. The van der Waals surface area contributed by atoms with Gasteiger partial charge in [0.25, 0.3) is 5.56 Å². The van der Waals surface area contributed by atoms with Crippen molar-refractivity contribution in [3.8, 4) is 11.6 Å². The van der Waals surface area contributed by atoms with Crippen LogP contribution in [0.3, 0.4) is 0 Å². The number of aromatic hydroxyl groups is 1. The summed E-state index contributed by atoms with van der Waals surface area (Å²) in [5.41, 5.74) is 2.85. The van der Waals surface area contributed by atoms with Crippen molar-refractivity contribution in [2.45, 2.75) is 26.7 Å². The molecule has 3 N–H and O–H groups in total. The number of aromatic amines is 2. The Morgan fingerprint density at radius 2 is 1.84 bits per heavy atom. The smallest absolute Gasteiger partial charge is 0.335 e. The van der Waals surface area contributed by atoms with Crippen LogP contribution in [0.2, 0.25) is 0 Å².